The van der Waals surface area contributed by atoms with Gasteiger partial charge in [0.25, 0.3) is 5.91 Å². The predicted octanol–water partition coefficient (Wildman–Crippen LogP) is 5.40. The maximum atomic E-state index is 13.4. The Hall–Kier alpha value is -2.41. The second kappa shape index (κ2) is 11.5. The summed E-state index contributed by atoms with van der Waals surface area (Å²) < 4.78 is 31.6. The van der Waals surface area contributed by atoms with Crippen LogP contribution in [0.2, 0.25) is 0 Å². The first-order valence-electron chi connectivity index (χ1n) is 9.33. The van der Waals surface area contributed by atoms with Crippen molar-refractivity contribution < 1.29 is 23.4 Å². The first-order valence-corrected chi connectivity index (χ1v) is 11.5. The van der Waals surface area contributed by atoms with Gasteiger partial charge in [-0.05, 0) is 98.8 Å². The normalized spacial score (nSPS) is 10.8. The molecule has 0 spiro atoms. The average molecular weight is 660 g/mol. The highest BCUT2D eigenvalue weighted by atomic mass is 127. The zero-order valence-corrected chi connectivity index (χ0v) is 21.5. The van der Waals surface area contributed by atoms with Crippen molar-refractivity contribution in [1.82, 2.24) is 5.43 Å². The van der Waals surface area contributed by atoms with Crippen LogP contribution < -0.4 is 19.6 Å². The Kier molecular flexibility index (Phi) is 8.67. The van der Waals surface area contributed by atoms with E-state index in [9.17, 15) is 9.18 Å². The third kappa shape index (κ3) is 6.31. The topological polar surface area (TPSA) is 69.2 Å². The largest absolute Gasteiger partial charge is 0.496 e. The Morgan fingerprint density at radius 3 is 2.53 bits per heavy atom. The number of hydrogen-bond acceptors (Lipinski definition) is 5. The molecule has 166 valence electrons. The van der Waals surface area contributed by atoms with E-state index >= 15 is 0 Å². The number of rotatable bonds is 8. The van der Waals surface area contributed by atoms with E-state index in [2.05, 4.69) is 55.7 Å². The highest BCUT2D eigenvalue weighted by Gasteiger charge is 2.12. The molecule has 9 heteroatoms. The van der Waals surface area contributed by atoms with Gasteiger partial charge in [-0.15, -0.1) is 0 Å². The minimum absolute atomic E-state index is 0.201. The van der Waals surface area contributed by atoms with Gasteiger partial charge in [0.1, 0.15) is 18.2 Å². The van der Waals surface area contributed by atoms with Crippen LogP contribution in [0.15, 0.2) is 59.7 Å². The number of carbonyl (C=O) groups is 1. The molecular weight excluding hydrogens is 641 g/mol. The summed E-state index contributed by atoms with van der Waals surface area (Å²) in [5, 5.41) is 4.04. The van der Waals surface area contributed by atoms with Crippen molar-refractivity contribution in [1.29, 1.82) is 0 Å². The van der Waals surface area contributed by atoms with Crippen molar-refractivity contribution in [3.05, 3.63) is 84.2 Å². The fraction of sp³-hybridized carbons (Fsp3) is 0.130. The van der Waals surface area contributed by atoms with E-state index in [0.717, 1.165) is 7.14 Å². The fourth-order valence-corrected chi connectivity index (χ4v) is 4.10. The van der Waals surface area contributed by atoms with E-state index in [1.54, 1.807) is 43.5 Å². The molecule has 6 nitrogen and oxygen atoms in total. The molecule has 3 aromatic rings. The lowest BCUT2D eigenvalue weighted by atomic mass is 10.2. The molecule has 0 aromatic heterocycles. The molecule has 3 aromatic carbocycles. The first-order chi connectivity index (χ1) is 15.4. The van der Waals surface area contributed by atoms with Gasteiger partial charge in [0.2, 0.25) is 0 Å². The molecule has 1 amide bonds. The van der Waals surface area contributed by atoms with Crippen molar-refractivity contribution >= 4 is 57.3 Å². The predicted molar refractivity (Wildman–Crippen MR) is 137 cm³/mol. The summed E-state index contributed by atoms with van der Waals surface area (Å²) in [6.07, 6.45) is 1.52. The molecule has 0 atom stereocenters. The number of hydrazone groups is 1. The van der Waals surface area contributed by atoms with E-state index in [1.807, 2.05) is 6.07 Å². The second-order valence-electron chi connectivity index (χ2n) is 6.50. The molecule has 0 saturated heterocycles. The van der Waals surface area contributed by atoms with Gasteiger partial charge >= 0.3 is 0 Å². The first kappa shape index (κ1) is 24.2. The van der Waals surface area contributed by atoms with Gasteiger partial charge in [-0.2, -0.15) is 5.10 Å². The Balaban J connectivity index is 1.69. The molecule has 0 radical (unpaired) electrons. The molecule has 3 rings (SSSR count). The number of ether oxygens (including phenoxy) is 3. The summed E-state index contributed by atoms with van der Waals surface area (Å²) in [5.74, 6) is 1.00. The molecule has 32 heavy (non-hydrogen) atoms. The van der Waals surface area contributed by atoms with Crippen LogP contribution in [-0.4, -0.2) is 26.3 Å². The third-order valence-electron chi connectivity index (χ3n) is 4.32. The lowest BCUT2D eigenvalue weighted by molar-refractivity contribution is 0.0954. The van der Waals surface area contributed by atoms with Crippen LogP contribution >= 0.6 is 45.2 Å². The van der Waals surface area contributed by atoms with Gasteiger partial charge in [0.15, 0.2) is 11.5 Å². The number of carbonyl (C=O) groups excluding carboxylic acids is 1. The van der Waals surface area contributed by atoms with Crippen LogP contribution in [0.3, 0.4) is 0 Å². The second-order valence-corrected chi connectivity index (χ2v) is 8.83. The molecule has 0 fully saturated rings. The van der Waals surface area contributed by atoms with Crippen molar-refractivity contribution in [2.24, 2.45) is 5.10 Å². The van der Waals surface area contributed by atoms with Crippen LogP contribution in [0.5, 0.6) is 17.2 Å². The van der Waals surface area contributed by atoms with Crippen LogP contribution in [0, 0.1) is 13.0 Å². The quantitative estimate of drug-likeness (QED) is 0.200. The number of hydrogen-bond donors (Lipinski definition) is 1. The molecule has 0 saturated carbocycles. The van der Waals surface area contributed by atoms with Crippen LogP contribution in [0.4, 0.5) is 4.39 Å². The zero-order valence-electron chi connectivity index (χ0n) is 17.2. The standard InChI is InChI=1S/C23H19FI2N2O4/c1-30-20-11-16(6-7-18(20)25)23(29)28-27-12-15-9-19(26)22(21(10-15)31-2)32-13-14-4-3-5-17(24)8-14/h3-12H,13H2,1-2H3,(H,28,29)/b27-12-. The van der Waals surface area contributed by atoms with Crippen LogP contribution in [-0.2, 0) is 6.61 Å². The highest BCUT2D eigenvalue weighted by molar-refractivity contribution is 14.1. The molecule has 0 aliphatic rings. The van der Waals surface area contributed by atoms with Gasteiger partial charge in [-0.1, -0.05) is 12.1 Å². The van der Waals surface area contributed by atoms with Crippen LogP contribution in [0.1, 0.15) is 21.5 Å². The van der Waals surface area contributed by atoms with Crippen molar-refractivity contribution in [3.63, 3.8) is 0 Å². The maximum Gasteiger partial charge on any atom is 0.271 e. The summed E-state index contributed by atoms with van der Waals surface area (Å²) in [4.78, 5) is 12.3. The minimum Gasteiger partial charge on any atom is -0.496 e. The molecule has 0 heterocycles. The Morgan fingerprint density at radius 2 is 1.81 bits per heavy atom. The third-order valence-corrected chi connectivity index (χ3v) is 6.01. The van der Waals surface area contributed by atoms with Crippen molar-refractivity contribution in [2.75, 3.05) is 14.2 Å². The number of benzene rings is 3. The van der Waals surface area contributed by atoms with Crippen molar-refractivity contribution in [2.45, 2.75) is 6.61 Å². The van der Waals surface area contributed by atoms with Crippen LogP contribution in [0.25, 0.3) is 0 Å². The summed E-state index contributed by atoms with van der Waals surface area (Å²) >= 11 is 4.26. The summed E-state index contributed by atoms with van der Waals surface area (Å²) in [5.41, 5.74) is 4.37. The molecular formula is C23H19FI2N2O4. The Labute approximate surface area is 212 Å². The minimum atomic E-state index is -0.354. The molecule has 0 unspecified atom stereocenters. The molecule has 0 aliphatic carbocycles. The number of nitrogens with one attached hydrogen (secondary N) is 1. The number of nitrogens with zero attached hydrogens (tertiary/aromatic N) is 1. The van der Waals surface area contributed by atoms with Gasteiger partial charge in [-0.25, -0.2) is 9.82 Å². The smallest absolute Gasteiger partial charge is 0.271 e. The number of amides is 1. The molecule has 0 aliphatic heterocycles. The van der Waals surface area contributed by atoms with E-state index < -0.39 is 0 Å². The van der Waals surface area contributed by atoms with E-state index in [4.69, 9.17) is 14.2 Å². The molecule has 0 bridgehead atoms. The lowest BCUT2D eigenvalue weighted by Gasteiger charge is -2.13. The van der Waals surface area contributed by atoms with Gasteiger partial charge in [-0.3, -0.25) is 4.79 Å². The van der Waals surface area contributed by atoms with Gasteiger partial charge in [0.05, 0.1) is 27.6 Å². The van der Waals surface area contributed by atoms with E-state index in [0.29, 0.717) is 33.9 Å². The highest BCUT2D eigenvalue weighted by Crippen LogP contribution is 2.34. The van der Waals surface area contributed by atoms with Crippen molar-refractivity contribution in [3.8, 4) is 17.2 Å². The van der Waals surface area contributed by atoms with Gasteiger partial charge < -0.3 is 14.2 Å². The Bertz CT molecular complexity index is 1150. The zero-order chi connectivity index (χ0) is 23.1. The summed E-state index contributed by atoms with van der Waals surface area (Å²) in [6, 6.07) is 15.0. The number of halogens is 3. The van der Waals surface area contributed by atoms with Gasteiger partial charge in [0, 0.05) is 5.56 Å². The maximum absolute atomic E-state index is 13.4. The fourth-order valence-electron chi connectivity index (χ4n) is 2.77. The SMILES string of the molecule is COc1cc(C(=O)N/N=C\c2cc(I)c(OCc3cccc(F)c3)c(OC)c2)ccc1I. The van der Waals surface area contributed by atoms with E-state index in [1.165, 1.54) is 25.5 Å². The lowest BCUT2D eigenvalue weighted by Crippen LogP contribution is -2.17. The monoisotopic (exact) mass is 660 g/mol. The Morgan fingerprint density at radius 1 is 1.03 bits per heavy atom. The summed E-state index contributed by atoms with van der Waals surface area (Å²) in [7, 11) is 3.09. The number of methoxy groups -OCH3 is 2. The molecule has 1 N–H and O–H groups in total. The van der Waals surface area contributed by atoms with E-state index in [-0.39, 0.29) is 18.3 Å². The average Bonchev–Trinajstić information content (AvgIpc) is 2.78. The summed E-state index contributed by atoms with van der Waals surface area (Å²) in [6.45, 7) is 0.201.